The van der Waals surface area contributed by atoms with Crippen molar-refractivity contribution in [3.8, 4) is 0 Å². The minimum Gasteiger partial charge on any atom is -0.409 e. The van der Waals surface area contributed by atoms with Gasteiger partial charge in [0, 0.05) is 25.0 Å². The van der Waals surface area contributed by atoms with E-state index >= 15 is 0 Å². The molecule has 0 radical (unpaired) electrons. The van der Waals surface area contributed by atoms with Crippen LogP contribution in [0.5, 0.6) is 0 Å². The van der Waals surface area contributed by atoms with Crippen LogP contribution in [0.25, 0.3) is 0 Å². The molecule has 1 saturated carbocycles. The van der Waals surface area contributed by atoms with Gasteiger partial charge in [0.1, 0.15) is 5.84 Å². The predicted octanol–water partition coefficient (Wildman–Crippen LogP) is -0.558. The summed E-state index contributed by atoms with van der Waals surface area (Å²) in [6, 6.07) is 0.101. The summed E-state index contributed by atoms with van der Waals surface area (Å²) in [5.41, 5.74) is 5.52. The quantitative estimate of drug-likeness (QED) is 0.273. The molecule has 0 bridgehead atoms. The molecule has 1 unspecified atom stereocenters. The second-order valence-corrected chi connectivity index (χ2v) is 6.32. The number of piperidine rings is 1. The molecule has 0 aromatic heterocycles. The van der Waals surface area contributed by atoms with Crippen LogP contribution in [0.3, 0.4) is 0 Å². The van der Waals surface area contributed by atoms with Crippen LogP contribution in [0.15, 0.2) is 5.16 Å². The minimum atomic E-state index is -3.40. The molecule has 0 aromatic carbocycles. The van der Waals surface area contributed by atoms with Crippen LogP contribution in [0.4, 0.5) is 0 Å². The molecule has 98 valence electrons. The van der Waals surface area contributed by atoms with Crippen molar-refractivity contribution >= 4 is 16.0 Å². The van der Waals surface area contributed by atoms with Gasteiger partial charge in [0.15, 0.2) is 0 Å². The largest absolute Gasteiger partial charge is 0.409 e. The van der Waals surface area contributed by atoms with Crippen molar-refractivity contribution < 1.29 is 13.6 Å². The number of nitrogens with two attached hydrogens (primary N) is 1. The van der Waals surface area contributed by atoms with Gasteiger partial charge >= 0.3 is 0 Å². The lowest BCUT2D eigenvalue weighted by molar-refractivity contribution is 0.285. The third-order valence-electron chi connectivity index (χ3n) is 3.15. The van der Waals surface area contributed by atoms with Crippen molar-refractivity contribution in [3.63, 3.8) is 0 Å². The van der Waals surface area contributed by atoms with Gasteiger partial charge in [0.2, 0.25) is 0 Å². The molecule has 1 aliphatic carbocycles. The maximum atomic E-state index is 12.0. The molecule has 1 heterocycles. The Morgan fingerprint density at radius 2 is 2.12 bits per heavy atom. The van der Waals surface area contributed by atoms with Crippen LogP contribution in [-0.2, 0) is 10.2 Å². The first-order valence-electron chi connectivity index (χ1n) is 5.78. The van der Waals surface area contributed by atoms with E-state index in [1.165, 1.54) is 4.31 Å². The Morgan fingerprint density at radius 1 is 1.41 bits per heavy atom. The fraction of sp³-hybridized carbons (Fsp3) is 0.889. The number of rotatable bonds is 4. The molecular formula is C9H18N4O3S. The Hall–Kier alpha value is -0.860. The maximum Gasteiger partial charge on any atom is 0.279 e. The van der Waals surface area contributed by atoms with Gasteiger partial charge < -0.3 is 10.9 Å². The molecule has 7 nitrogen and oxygen atoms in total. The molecule has 4 N–H and O–H groups in total. The van der Waals surface area contributed by atoms with E-state index in [1.54, 1.807) is 0 Å². The van der Waals surface area contributed by atoms with Gasteiger partial charge in [-0.1, -0.05) is 5.16 Å². The zero-order valence-electron chi connectivity index (χ0n) is 9.54. The lowest BCUT2D eigenvalue weighted by Gasteiger charge is -2.31. The highest BCUT2D eigenvalue weighted by Crippen LogP contribution is 2.23. The van der Waals surface area contributed by atoms with E-state index in [0.717, 1.165) is 25.7 Å². The van der Waals surface area contributed by atoms with Crippen molar-refractivity contribution in [1.82, 2.24) is 9.03 Å². The molecule has 1 saturated heterocycles. The van der Waals surface area contributed by atoms with Crippen LogP contribution in [-0.4, -0.2) is 42.9 Å². The molecular weight excluding hydrogens is 244 g/mol. The predicted molar refractivity (Wildman–Crippen MR) is 62.8 cm³/mol. The van der Waals surface area contributed by atoms with Gasteiger partial charge in [-0.3, -0.25) is 0 Å². The van der Waals surface area contributed by atoms with Gasteiger partial charge in [-0.2, -0.15) is 17.4 Å². The lowest BCUT2D eigenvalue weighted by atomic mass is 9.99. The summed E-state index contributed by atoms with van der Waals surface area (Å²) >= 11 is 0. The third kappa shape index (κ3) is 3.08. The fourth-order valence-corrected chi connectivity index (χ4v) is 3.52. The number of hydrogen-bond donors (Lipinski definition) is 3. The number of nitrogens with zero attached hydrogens (tertiary/aromatic N) is 2. The highest BCUT2D eigenvalue weighted by atomic mass is 32.2. The Balaban J connectivity index is 2.00. The second-order valence-electron chi connectivity index (χ2n) is 4.62. The van der Waals surface area contributed by atoms with Crippen molar-refractivity contribution in [2.24, 2.45) is 16.8 Å². The summed E-state index contributed by atoms with van der Waals surface area (Å²) in [6.07, 6.45) is 3.31. The highest BCUT2D eigenvalue weighted by molar-refractivity contribution is 7.87. The zero-order valence-corrected chi connectivity index (χ0v) is 10.4. The average Bonchev–Trinajstić information content (AvgIpc) is 3.11. The van der Waals surface area contributed by atoms with Gasteiger partial charge in [0.25, 0.3) is 10.2 Å². The second kappa shape index (κ2) is 4.79. The Labute approximate surface area is 101 Å². The van der Waals surface area contributed by atoms with Gasteiger partial charge in [-0.05, 0) is 25.7 Å². The summed E-state index contributed by atoms with van der Waals surface area (Å²) in [5, 5.41) is 11.6. The standard InChI is InChI=1S/C9H18N4O3S/c10-9(11-14)7-2-1-5-13(6-7)17(15,16)12-8-3-4-8/h7-8,12,14H,1-6H2,(H2,10,11). The molecule has 8 heteroatoms. The molecule has 17 heavy (non-hydrogen) atoms. The smallest absolute Gasteiger partial charge is 0.279 e. The minimum absolute atomic E-state index is 0.101. The van der Waals surface area contributed by atoms with Crippen molar-refractivity contribution in [2.45, 2.75) is 31.7 Å². The Kier molecular flexibility index (Phi) is 3.55. The maximum absolute atomic E-state index is 12.0. The van der Waals surface area contributed by atoms with Crippen LogP contribution < -0.4 is 10.5 Å². The fourth-order valence-electron chi connectivity index (χ4n) is 1.97. The molecule has 0 aromatic rings. The van der Waals surface area contributed by atoms with Crippen LogP contribution >= 0.6 is 0 Å². The number of hydrogen-bond acceptors (Lipinski definition) is 4. The van der Waals surface area contributed by atoms with E-state index in [2.05, 4.69) is 9.88 Å². The SMILES string of the molecule is NC(=NO)C1CCCN(S(=O)(=O)NC2CC2)C1. The summed E-state index contributed by atoms with van der Waals surface area (Å²) < 4.78 is 27.9. The van der Waals surface area contributed by atoms with Crippen LogP contribution in [0.1, 0.15) is 25.7 Å². The molecule has 0 amide bonds. The molecule has 2 rings (SSSR count). The van der Waals surface area contributed by atoms with E-state index in [0.29, 0.717) is 6.54 Å². The zero-order chi connectivity index (χ0) is 12.5. The molecule has 2 fully saturated rings. The monoisotopic (exact) mass is 262 g/mol. The highest BCUT2D eigenvalue weighted by Gasteiger charge is 2.34. The average molecular weight is 262 g/mol. The van der Waals surface area contributed by atoms with Crippen molar-refractivity contribution in [1.29, 1.82) is 0 Å². The normalized spacial score (nSPS) is 28.2. The summed E-state index contributed by atoms with van der Waals surface area (Å²) in [6.45, 7) is 0.787. The first-order valence-corrected chi connectivity index (χ1v) is 7.22. The van der Waals surface area contributed by atoms with Crippen LogP contribution in [0.2, 0.25) is 0 Å². The number of oxime groups is 1. The Bertz CT molecular complexity index is 404. The summed E-state index contributed by atoms with van der Waals surface area (Å²) in [4.78, 5) is 0. The third-order valence-corrected chi connectivity index (χ3v) is 4.79. The molecule has 2 aliphatic rings. The summed E-state index contributed by atoms with van der Waals surface area (Å²) in [5.74, 6) is -0.0825. The van der Waals surface area contributed by atoms with E-state index in [4.69, 9.17) is 10.9 Å². The van der Waals surface area contributed by atoms with Crippen LogP contribution in [0, 0.1) is 5.92 Å². The first kappa shape index (κ1) is 12.6. The van der Waals surface area contributed by atoms with E-state index in [1.807, 2.05) is 0 Å². The lowest BCUT2D eigenvalue weighted by Crippen LogP contribution is -2.49. The van der Waals surface area contributed by atoms with E-state index in [-0.39, 0.29) is 24.3 Å². The summed E-state index contributed by atoms with van der Waals surface area (Å²) in [7, 11) is -3.40. The number of nitrogens with one attached hydrogen (secondary N) is 1. The van der Waals surface area contributed by atoms with Crippen molar-refractivity contribution in [3.05, 3.63) is 0 Å². The molecule has 0 spiro atoms. The van der Waals surface area contributed by atoms with E-state index in [9.17, 15) is 8.42 Å². The first-order chi connectivity index (χ1) is 8.03. The molecule has 1 atom stereocenters. The topological polar surface area (TPSA) is 108 Å². The Morgan fingerprint density at radius 3 is 2.71 bits per heavy atom. The van der Waals surface area contributed by atoms with E-state index < -0.39 is 10.2 Å². The number of amidine groups is 1. The van der Waals surface area contributed by atoms with Gasteiger partial charge in [-0.25, -0.2) is 0 Å². The van der Waals surface area contributed by atoms with Gasteiger partial charge in [-0.15, -0.1) is 0 Å². The molecule has 1 aliphatic heterocycles. The van der Waals surface area contributed by atoms with Gasteiger partial charge in [0.05, 0.1) is 0 Å². The van der Waals surface area contributed by atoms with Crippen molar-refractivity contribution in [2.75, 3.05) is 13.1 Å².